The number of carbonyl (C=O) groups excluding carboxylic acids is 1. The summed E-state index contributed by atoms with van der Waals surface area (Å²) in [6, 6.07) is 12.6. The molecule has 0 spiro atoms. The van der Waals surface area contributed by atoms with Gasteiger partial charge in [0.1, 0.15) is 12.4 Å². The van der Waals surface area contributed by atoms with E-state index >= 15 is 0 Å². The van der Waals surface area contributed by atoms with E-state index in [0.29, 0.717) is 24.7 Å². The Bertz CT molecular complexity index is 935. The van der Waals surface area contributed by atoms with Gasteiger partial charge >= 0.3 is 0 Å². The molecule has 0 aliphatic rings. The third-order valence-electron chi connectivity index (χ3n) is 3.42. The Morgan fingerprint density at radius 2 is 1.93 bits per heavy atom. The molecule has 0 fully saturated rings. The highest BCUT2D eigenvalue weighted by molar-refractivity contribution is 7.89. The van der Waals surface area contributed by atoms with Crippen LogP contribution < -0.4 is 14.8 Å². The van der Waals surface area contributed by atoms with E-state index in [2.05, 4.69) is 16.0 Å². The van der Waals surface area contributed by atoms with Gasteiger partial charge in [-0.1, -0.05) is 18.1 Å². The number of rotatable bonds is 9. The highest BCUT2D eigenvalue weighted by Crippen LogP contribution is 2.19. The number of terminal acetylenes is 1. The van der Waals surface area contributed by atoms with Crippen LogP contribution in [-0.2, 0) is 14.8 Å². The summed E-state index contributed by atoms with van der Waals surface area (Å²) in [7, 11) is -2.20. The Morgan fingerprint density at radius 1 is 1.15 bits per heavy atom. The molecule has 0 atom stereocenters. The van der Waals surface area contributed by atoms with Crippen molar-refractivity contribution >= 4 is 21.6 Å². The predicted molar refractivity (Wildman–Crippen MR) is 102 cm³/mol. The lowest BCUT2D eigenvalue weighted by Crippen LogP contribution is -2.24. The van der Waals surface area contributed by atoms with Crippen LogP contribution in [0.25, 0.3) is 0 Å². The molecular formula is C19H20N2O5S. The Morgan fingerprint density at radius 3 is 2.67 bits per heavy atom. The third kappa shape index (κ3) is 6.11. The molecule has 0 heterocycles. The summed E-state index contributed by atoms with van der Waals surface area (Å²) in [5.41, 5.74) is 0.720. The molecule has 2 N–H and O–H groups in total. The van der Waals surface area contributed by atoms with Crippen LogP contribution in [0.1, 0.15) is 10.4 Å². The van der Waals surface area contributed by atoms with Crippen LogP contribution in [0.4, 0.5) is 5.69 Å². The first kappa shape index (κ1) is 20.5. The number of sulfonamides is 1. The van der Waals surface area contributed by atoms with Crippen LogP contribution in [0, 0.1) is 12.3 Å². The van der Waals surface area contributed by atoms with Crippen LogP contribution >= 0.6 is 0 Å². The molecule has 2 rings (SSSR count). The molecule has 0 radical (unpaired) electrons. The first-order chi connectivity index (χ1) is 13.0. The number of carbonyl (C=O) groups is 1. The van der Waals surface area contributed by atoms with Crippen LogP contribution in [0.2, 0.25) is 0 Å². The van der Waals surface area contributed by atoms with Gasteiger partial charge < -0.3 is 14.8 Å². The number of benzene rings is 2. The third-order valence-corrected chi connectivity index (χ3v) is 4.82. The molecular weight excluding hydrogens is 368 g/mol. The van der Waals surface area contributed by atoms with Crippen molar-refractivity contribution in [3.8, 4) is 18.1 Å². The van der Waals surface area contributed by atoms with Gasteiger partial charge in [-0.2, -0.15) is 4.72 Å². The second kappa shape index (κ2) is 9.73. The van der Waals surface area contributed by atoms with Crippen molar-refractivity contribution in [3.05, 3.63) is 54.1 Å². The fraction of sp³-hybridized carbons (Fsp3) is 0.211. The highest BCUT2D eigenvalue weighted by atomic mass is 32.2. The molecule has 0 aromatic heterocycles. The van der Waals surface area contributed by atoms with Gasteiger partial charge in [-0.15, -0.1) is 6.42 Å². The van der Waals surface area contributed by atoms with E-state index in [1.54, 1.807) is 31.4 Å². The standard InChI is InChI=1S/C19H20N2O5S/c1-3-10-20-27(23,24)18-9-4-6-15(13-18)19(22)21-16-7-5-8-17(14-16)26-12-11-25-2/h1,4-9,13-14,20H,10-12H2,2H3,(H,21,22). The first-order valence-corrected chi connectivity index (χ1v) is 9.51. The van der Waals surface area contributed by atoms with Crippen molar-refractivity contribution in [1.29, 1.82) is 0 Å². The minimum absolute atomic E-state index is 0.0398. The maximum atomic E-state index is 12.5. The largest absolute Gasteiger partial charge is 0.491 e. The minimum Gasteiger partial charge on any atom is -0.491 e. The van der Waals surface area contributed by atoms with Crippen molar-refractivity contribution in [1.82, 2.24) is 4.72 Å². The molecule has 7 nitrogen and oxygen atoms in total. The monoisotopic (exact) mass is 388 g/mol. The van der Waals surface area contributed by atoms with Crippen molar-refractivity contribution in [2.24, 2.45) is 0 Å². The number of ether oxygens (including phenoxy) is 2. The zero-order chi connectivity index (χ0) is 19.7. The van der Waals surface area contributed by atoms with Gasteiger partial charge in [0.2, 0.25) is 10.0 Å². The van der Waals surface area contributed by atoms with Crippen molar-refractivity contribution in [2.45, 2.75) is 4.90 Å². The zero-order valence-corrected chi connectivity index (χ0v) is 15.6. The van der Waals surface area contributed by atoms with E-state index in [1.807, 2.05) is 0 Å². The molecule has 27 heavy (non-hydrogen) atoms. The van der Waals surface area contributed by atoms with Crippen LogP contribution in [0.5, 0.6) is 5.75 Å². The maximum absolute atomic E-state index is 12.5. The number of amides is 1. The lowest BCUT2D eigenvalue weighted by molar-refractivity contribution is 0.102. The number of hydrogen-bond acceptors (Lipinski definition) is 5. The van der Waals surface area contributed by atoms with E-state index in [4.69, 9.17) is 15.9 Å². The van der Waals surface area contributed by atoms with E-state index in [0.717, 1.165) is 0 Å². The second-order valence-corrected chi connectivity index (χ2v) is 7.15. The van der Waals surface area contributed by atoms with Gasteiger partial charge in [-0.05, 0) is 30.3 Å². The van der Waals surface area contributed by atoms with Crippen LogP contribution in [-0.4, -0.2) is 41.2 Å². The Balaban J connectivity index is 2.12. The summed E-state index contributed by atoms with van der Waals surface area (Å²) in [5, 5.41) is 2.71. The Labute approximate surface area is 158 Å². The van der Waals surface area contributed by atoms with Gasteiger partial charge in [-0.3, -0.25) is 4.79 Å². The Kier molecular flexibility index (Phi) is 7.37. The van der Waals surface area contributed by atoms with E-state index in [1.165, 1.54) is 24.3 Å². The number of nitrogens with one attached hydrogen (secondary N) is 2. The maximum Gasteiger partial charge on any atom is 0.255 e. The van der Waals surface area contributed by atoms with Crippen molar-refractivity contribution in [3.63, 3.8) is 0 Å². The average Bonchev–Trinajstić information content (AvgIpc) is 2.67. The average molecular weight is 388 g/mol. The van der Waals surface area contributed by atoms with Crippen molar-refractivity contribution < 1.29 is 22.7 Å². The Hall–Kier alpha value is -2.86. The van der Waals surface area contributed by atoms with Gasteiger partial charge in [0.15, 0.2) is 0 Å². The summed E-state index contributed by atoms with van der Waals surface area (Å²) in [5.74, 6) is 2.33. The molecule has 2 aromatic carbocycles. The van der Waals surface area contributed by atoms with Gasteiger partial charge in [0.25, 0.3) is 5.91 Å². The predicted octanol–water partition coefficient (Wildman–Crippen LogP) is 1.88. The van der Waals surface area contributed by atoms with Gasteiger partial charge in [-0.25, -0.2) is 8.42 Å². The lowest BCUT2D eigenvalue weighted by atomic mass is 10.2. The highest BCUT2D eigenvalue weighted by Gasteiger charge is 2.15. The molecule has 2 aromatic rings. The summed E-state index contributed by atoms with van der Waals surface area (Å²) in [6.07, 6.45) is 5.07. The van der Waals surface area contributed by atoms with Gasteiger partial charge in [0, 0.05) is 24.4 Å². The summed E-state index contributed by atoms with van der Waals surface area (Å²) in [6.45, 7) is 0.707. The molecule has 0 unspecified atom stereocenters. The number of methoxy groups -OCH3 is 1. The van der Waals surface area contributed by atoms with Crippen LogP contribution in [0.3, 0.4) is 0 Å². The number of hydrogen-bond donors (Lipinski definition) is 2. The fourth-order valence-electron chi connectivity index (χ4n) is 2.13. The zero-order valence-electron chi connectivity index (χ0n) is 14.8. The normalized spacial score (nSPS) is 10.8. The molecule has 0 aliphatic carbocycles. The summed E-state index contributed by atoms with van der Waals surface area (Å²) < 4.78 is 36.9. The molecule has 1 amide bonds. The van der Waals surface area contributed by atoms with E-state index in [-0.39, 0.29) is 17.0 Å². The van der Waals surface area contributed by atoms with Crippen LogP contribution in [0.15, 0.2) is 53.4 Å². The smallest absolute Gasteiger partial charge is 0.255 e. The SMILES string of the molecule is C#CCNS(=O)(=O)c1cccc(C(=O)Nc2cccc(OCCOC)c2)c1. The molecule has 8 heteroatoms. The molecule has 0 bridgehead atoms. The topological polar surface area (TPSA) is 93.7 Å². The van der Waals surface area contributed by atoms with E-state index < -0.39 is 15.9 Å². The molecule has 0 saturated carbocycles. The number of anilines is 1. The quantitative estimate of drug-likeness (QED) is 0.505. The van der Waals surface area contributed by atoms with Gasteiger partial charge in [0.05, 0.1) is 18.0 Å². The molecule has 0 saturated heterocycles. The second-order valence-electron chi connectivity index (χ2n) is 5.38. The van der Waals surface area contributed by atoms with Crippen molar-refractivity contribution in [2.75, 3.05) is 32.2 Å². The molecule has 142 valence electrons. The van der Waals surface area contributed by atoms with E-state index in [9.17, 15) is 13.2 Å². The minimum atomic E-state index is -3.78. The molecule has 0 aliphatic heterocycles. The first-order valence-electron chi connectivity index (χ1n) is 8.02. The summed E-state index contributed by atoms with van der Waals surface area (Å²) in [4.78, 5) is 12.4. The summed E-state index contributed by atoms with van der Waals surface area (Å²) >= 11 is 0. The lowest BCUT2D eigenvalue weighted by Gasteiger charge is -2.10. The fourth-order valence-corrected chi connectivity index (χ4v) is 3.11.